The minimum atomic E-state index is -0.329. The van der Waals surface area contributed by atoms with Gasteiger partial charge in [0.15, 0.2) is 0 Å². The second-order valence-corrected chi connectivity index (χ2v) is 4.71. The first-order chi connectivity index (χ1) is 10.1. The molecule has 21 heavy (non-hydrogen) atoms. The van der Waals surface area contributed by atoms with Gasteiger partial charge in [-0.15, -0.1) is 0 Å². The predicted octanol–water partition coefficient (Wildman–Crippen LogP) is 3.65. The van der Waals surface area contributed by atoms with Crippen molar-refractivity contribution in [2.45, 2.75) is 13.0 Å². The van der Waals surface area contributed by atoms with Crippen molar-refractivity contribution in [2.75, 3.05) is 19.5 Å². The van der Waals surface area contributed by atoms with Crippen molar-refractivity contribution in [1.29, 1.82) is 0 Å². The number of hydrogen-bond acceptors (Lipinski definition) is 4. The minimum absolute atomic E-state index is 0.153. The molecule has 0 spiro atoms. The van der Waals surface area contributed by atoms with Gasteiger partial charge >= 0.3 is 5.97 Å². The number of esters is 1. The first kappa shape index (κ1) is 14.9. The van der Waals surface area contributed by atoms with Crippen molar-refractivity contribution in [2.24, 2.45) is 0 Å². The van der Waals surface area contributed by atoms with Crippen molar-refractivity contribution in [3.63, 3.8) is 0 Å². The summed E-state index contributed by atoms with van der Waals surface area (Å²) in [5.74, 6) is 0.512. The molecule has 0 fully saturated rings. The Morgan fingerprint density at radius 1 is 1.00 bits per heavy atom. The highest BCUT2D eigenvalue weighted by atomic mass is 16.5. The molecule has 0 saturated carbocycles. The van der Waals surface area contributed by atoms with Crippen LogP contribution in [-0.2, 0) is 4.74 Å². The average Bonchev–Trinajstić information content (AvgIpc) is 2.55. The van der Waals surface area contributed by atoms with Gasteiger partial charge in [-0.25, -0.2) is 4.79 Å². The summed E-state index contributed by atoms with van der Waals surface area (Å²) in [7, 11) is 3.03. The number of methoxy groups -OCH3 is 2. The number of ether oxygens (including phenoxy) is 2. The Kier molecular flexibility index (Phi) is 4.82. The molecule has 2 rings (SSSR count). The third-order valence-electron chi connectivity index (χ3n) is 3.30. The highest BCUT2D eigenvalue weighted by Gasteiger charge is 2.07. The molecule has 0 bridgehead atoms. The highest BCUT2D eigenvalue weighted by molar-refractivity contribution is 5.89. The van der Waals surface area contributed by atoms with Crippen LogP contribution in [0.25, 0.3) is 0 Å². The molecule has 1 atom stereocenters. The molecule has 4 nitrogen and oxygen atoms in total. The topological polar surface area (TPSA) is 47.6 Å². The Morgan fingerprint density at radius 2 is 1.62 bits per heavy atom. The van der Waals surface area contributed by atoms with E-state index >= 15 is 0 Å². The SMILES string of the molecule is COC(=O)c1ccc(NC(C)c2ccc(OC)cc2)cc1. The van der Waals surface area contributed by atoms with Crippen LogP contribution in [-0.4, -0.2) is 20.2 Å². The van der Waals surface area contributed by atoms with Crippen molar-refractivity contribution < 1.29 is 14.3 Å². The fourth-order valence-corrected chi connectivity index (χ4v) is 2.05. The van der Waals surface area contributed by atoms with E-state index in [0.717, 1.165) is 17.0 Å². The maximum Gasteiger partial charge on any atom is 0.337 e. The van der Waals surface area contributed by atoms with Crippen LogP contribution in [0.3, 0.4) is 0 Å². The second-order valence-electron chi connectivity index (χ2n) is 4.71. The molecule has 0 heterocycles. The minimum Gasteiger partial charge on any atom is -0.497 e. The Bertz CT molecular complexity index is 590. The lowest BCUT2D eigenvalue weighted by molar-refractivity contribution is 0.0601. The number of hydrogen-bond donors (Lipinski definition) is 1. The quantitative estimate of drug-likeness (QED) is 0.852. The zero-order chi connectivity index (χ0) is 15.2. The van der Waals surface area contributed by atoms with E-state index in [2.05, 4.69) is 17.0 Å². The number of nitrogens with one attached hydrogen (secondary N) is 1. The molecule has 2 aromatic rings. The molecule has 0 aliphatic carbocycles. The number of benzene rings is 2. The lowest BCUT2D eigenvalue weighted by Gasteiger charge is -2.16. The molecule has 0 amide bonds. The third kappa shape index (κ3) is 3.75. The van der Waals surface area contributed by atoms with Crippen LogP contribution in [0.15, 0.2) is 48.5 Å². The Balaban J connectivity index is 2.04. The van der Waals surface area contributed by atoms with Crippen LogP contribution in [0.1, 0.15) is 28.9 Å². The van der Waals surface area contributed by atoms with Crippen LogP contribution in [0.2, 0.25) is 0 Å². The van der Waals surface area contributed by atoms with Gasteiger partial charge in [0.25, 0.3) is 0 Å². The normalized spacial score (nSPS) is 11.6. The predicted molar refractivity (Wildman–Crippen MR) is 82.8 cm³/mol. The molecular formula is C17H19NO3. The second kappa shape index (κ2) is 6.79. The maximum absolute atomic E-state index is 11.4. The van der Waals surface area contributed by atoms with Crippen molar-refractivity contribution >= 4 is 11.7 Å². The summed E-state index contributed by atoms with van der Waals surface area (Å²) in [5, 5.41) is 3.39. The van der Waals surface area contributed by atoms with Crippen LogP contribution >= 0.6 is 0 Å². The van der Waals surface area contributed by atoms with Gasteiger partial charge in [0.2, 0.25) is 0 Å². The monoisotopic (exact) mass is 285 g/mol. The summed E-state index contributed by atoms with van der Waals surface area (Å²) < 4.78 is 9.83. The molecule has 1 unspecified atom stereocenters. The van der Waals surface area contributed by atoms with E-state index in [0.29, 0.717) is 5.56 Å². The Hall–Kier alpha value is -2.49. The first-order valence-corrected chi connectivity index (χ1v) is 6.73. The molecule has 1 N–H and O–H groups in total. The number of anilines is 1. The van der Waals surface area contributed by atoms with Crippen LogP contribution in [0.4, 0.5) is 5.69 Å². The molecule has 0 saturated heterocycles. The van der Waals surface area contributed by atoms with E-state index in [4.69, 9.17) is 4.74 Å². The molecule has 0 radical (unpaired) electrons. The fraction of sp³-hybridized carbons (Fsp3) is 0.235. The molecule has 2 aromatic carbocycles. The molecule has 0 aliphatic rings. The van der Waals surface area contributed by atoms with E-state index < -0.39 is 0 Å². The van der Waals surface area contributed by atoms with E-state index in [-0.39, 0.29) is 12.0 Å². The van der Waals surface area contributed by atoms with Crippen molar-refractivity contribution in [3.05, 3.63) is 59.7 Å². The van der Waals surface area contributed by atoms with Crippen LogP contribution in [0, 0.1) is 0 Å². The van der Waals surface area contributed by atoms with Gasteiger partial charge in [-0.05, 0) is 48.9 Å². The number of carbonyl (C=O) groups excluding carboxylic acids is 1. The smallest absolute Gasteiger partial charge is 0.337 e. The van der Waals surface area contributed by atoms with Gasteiger partial charge < -0.3 is 14.8 Å². The average molecular weight is 285 g/mol. The number of rotatable bonds is 5. The summed E-state index contributed by atoms with van der Waals surface area (Å²) in [4.78, 5) is 11.4. The van der Waals surface area contributed by atoms with Gasteiger partial charge in [0.05, 0.1) is 19.8 Å². The van der Waals surface area contributed by atoms with Gasteiger partial charge in [-0.2, -0.15) is 0 Å². The molecule has 110 valence electrons. The zero-order valence-corrected chi connectivity index (χ0v) is 12.4. The molecule has 0 aliphatic heterocycles. The largest absolute Gasteiger partial charge is 0.497 e. The van der Waals surface area contributed by atoms with E-state index in [1.54, 1.807) is 19.2 Å². The van der Waals surface area contributed by atoms with Gasteiger partial charge in [0.1, 0.15) is 5.75 Å². The van der Waals surface area contributed by atoms with Crippen molar-refractivity contribution in [1.82, 2.24) is 0 Å². The van der Waals surface area contributed by atoms with E-state index in [1.807, 2.05) is 36.4 Å². The lowest BCUT2D eigenvalue weighted by atomic mass is 10.1. The van der Waals surface area contributed by atoms with E-state index in [1.165, 1.54) is 7.11 Å². The summed E-state index contributed by atoms with van der Waals surface area (Å²) in [6.07, 6.45) is 0. The maximum atomic E-state index is 11.4. The highest BCUT2D eigenvalue weighted by Crippen LogP contribution is 2.22. The third-order valence-corrected chi connectivity index (χ3v) is 3.30. The summed E-state index contributed by atoms with van der Waals surface area (Å²) in [6.45, 7) is 2.08. The van der Waals surface area contributed by atoms with E-state index in [9.17, 15) is 4.79 Å². The van der Waals surface area contributed by atoms with Gasteiger partial charge in [0, 0.05) is 11.7 Å². The summed E-state index contributed by atoms with van der Waals surface area (Å²) in [6, 6.07) is 15.3. The van der Waals surface area contributed by atoms with Gasteiger partial charge in [-0.3, -0.25) is 0 Å². The first-order valence-electron chi connectivity index (χ1n) is 6.73. The zero-order valence-electron chi connectivity index (χ0n) is 12.4. The summed E-state index contributed by atoms with van der Waals surface area (Å²) in [5.41, 5.74) is 2.65. The molecule has 4 heteroatoms. The van der Waals surface area contributed by atoms with Crippen LogP contribution < -0.4 is 10.1 Å². The Morgan fingerprint density at radius 3 is 2.14 bits per heavy atom. The lowest BCUT2D eigenvalue weighted by Crippen LogP contribution is -2.07. The van der Waals surface area contributed by atoms with Crippen molar-refractivity contribution in [3.8, 4) is 5.75 Å². The Labute approximate surface area is 124 Å². The standard InChI is InChI=1S/C17H19NO3/c1-12(13-6-10-16(20-2)11-7-13)18-15-8-4-14(5-9-15)17(19)21-3/h4-12,18H,1-3H3. The fourth-order valence-electron chi connectivity index (χ4n) is 2.05. The summed E-state index contributed by atoms with van der Waals surface area (Å²) >= 11 is 0. The molecule has 0 aromatic heterocycles. The van der Waals surface area contributed by atoms with Gasteiger partial charge in [-0.1, -0.05) is 12.1 Å². The molecular weight excluding hydrogens is 266 g/mol. The van der Waals surface area contributed by atoms with Crippen LogP contribution in [0.5, 0.6) is 5.75 Å². The number of carbonyl (C=O) groups is 1.